The van der Waals surface area contributed by atoms with Gasteiger partial charge >= 0.3 is 12.6 Å². The van der Waals surface area contributed by atoms with E-state index in [1.165, 1.54) is 36.7 Å². The predicted molar refractivity (Wildman–Crippen MR) is 78.8 cm³/mol. The Kier molecular flexibility index (Phi) is 5.72. The average molecular weight is 337 g/mol. The van der Waals surface area contributed by atoms with Gasteiger partial charge in [0.05, 0.1) is 11.9 Å². The highest BCUT2D eigenvalue weighted by Crippen LogP contribution is 2.17. The number of amides is 1. The van der Waals surface area contributed by atoms with Crippen molar-refractivity contribution in [2.45, 2.75) is 13.5 Å². The van der Waals surface area contributed by atoms with Crippen LogP contribution in [0.2, 0.25) is 0 Å². The van der Waals surface area contributed by atoms with E-state index in [4.69, 9.17) is 4.74 Å². The summed E-state index contributed by atoms with van der Waals surface area (Å²) in [6.45, 7) is -1.73. The minimum absolute atomic E-state index is 0.0121. The van der Waals surface area contributed by atoms with E-state index in [-0.39, 0.29) is 11.4 Å². The van der Waals surface area contributed by atoms with Gasteiger partial charge < -0.3 is 14.8 Å². The molecule has 1 N–H and O–H groups in total. The maximum absolute atomic E-state index is 12.0. The van der Waals surface area contributed by atoms with Gasteiger partial charge in [0.15, 0.2) is 12.3 Å². The molecule has 0 aliphatic rings. The van der Waals surface area contributed by atoms with Crippen molar-refractivity contribution in [2.75, 3.05) is 11.9 Å². The Morgan fingerprint density at radius 2 is 1.88 bits per heavy atom. The minimum Gasteiger partial charge on any atom is -0.451 e. The summed E-state index contributed by atoms with van der Waals surface area (Å²) in [5, 5.41) is 2.44. The smallest absolute Gasteiger partial charge is 0.387 e. The second-order valence-corrected chi connectivity index (χ2v) is 4.57. The Labute approximate surface area is 135 Å². The molecule has 0 radical (unpaired) electrons. The molecule has 0 aliphatic carbocycles. The van der Waals surface area contributed by atoms with Crippen LogP contribution in [0.5, 0.6) is 5.75 Å². The van der Waals surface area contributed by atoms with Crippen LogP contribution in [0.3, 0.4) is 0 Å². The fourth-order valence-corrected chi connectivity index (χ4v) is 1.62. The maximum Gasteiger partial charge on any atom is 0.387 e. The van der Waals surface area contributed by atoms with Crippen molar-refractivity contribution in [2.24, 2.45) is 0 Å². The summed E-state index contributed by atoms with van der Waals surface area (Å²) in [5.74, 6) is -1.41. The highest BCUT2D eigenvalue weighted by Gasteiger charge is 2.12. The van der Waals surface area contributed by atoms with E-state index >= 15 is 0 Å². The number of alkyl halides is 2. The third-order valence-corrected chi connectivity index (χ3v) is 2.69. The lowest BCUT2D eigenvalue weighted by atomic mass is 10.3. The lowest BCUT2D eigenvalue weighted by Gasteiger charge is -2.08. The highest BCUT2D eigenvalue weighted by atomic mass is 19.3. The minimum atomic E-state index is -2.92. The molecule has 0 bridgehead atoms. The third-order valence-electron chi connectivity index (χ3n) is 2.69. The number of hydrogen-bond acceptors (Lipinski definition) is 6. The highest BCUT2D eigenvalue weighted by molar-refractivity contribution is 5.94. The number of aryl methyl sites for hydroxylation is 1. The number of nitrogens with one attached hydrogen (secondary N) is 1. The number of nitrogens with zero attached hydrogens (tertiary/aromatic N) is 2. The van der Waals surface area contributed by atoms with E-state index in [9.17, 15) is 18.4 Å². The Morgan fingerprint density at radius 1 is 1.17 bits per heavy atom. The van der Waals surface area contributed by atoms with E-state index in [2.05, 4.69) is 20.0 Å². The maximum atomic E-state index is 12.0. The number of benzene rings is 1. The SMILES string of the molecule is Cc1cnc(C(=O)OCC(=O)Nc2ccc(OC(F)F)cc2)cn1. The zero-order valence-electron chi connectivity index (χ0n) is 12.5. The second kappa shape index (κ2) is 7.95. The van der Waals surface area contributed by atoms with Gasteiger partial charge in [-0.2, -0.15) is 8.78 Å². The summed E-state index contributed by atoms with van der Waals surface area (Å²) in [6, 6.07) is 5.30. The van der Waals surface area contributed by atoms with Crippen LogP contribution < -0.4 is 10.1 Å². The van der Waals surface area contributed by atoms with Crippen LogP contribution in [-0.4, -0.2) is 35.1 Å². The van der Waals surface area contributed by atoms with Crippen LogP contribution in [0.25, 0.3) is 0 Å². The van der Waals surface area contributed by atoms with Gasteiger partial charge in [-0.3, -0.25) is 9.78 Å². The van der Waals surface area contributed by atoms with E-state index < -0.39 is 25.1 Å². The molecule has 0 saturated carbocycles. The molecule has 1 amide bonds. The van der Waals surface area contributed by atoms with Crippen molar-refractivity contribution >= 4 is 17.6 Å². The van der Waals surface area contributed by atoms with Gasteiger partial charge in [-0.1, -0.05) is 0 Å². The summed E-state index contributed by atoms with van der Waals surface area (Å²) < 4.78 is 33.0. The molecule has 0 unspecified atom stereocenters. The summed E-state index contributed by atoms with van der Waals surface area (Å²) in [4.78, 5) is 31.1. The number of rotatable bonds is 6. The zero-order chi connectivity index (χ0) is 17.5. The largest absolute Gasteiger partial charge is 0.451 e. The molecule has 0 fully saturated rings. The molecule has 1 heterocycles. The molecule has 1 aromatic carbocycles. The molecule has 0 saturated heterocycles. The lowest BCUT2D eigenvalue weighted by molar-refractivity contribution is -0.119. The third kappa shape index (κ3) is 5.27. The van der Waals surface area contributed by atoms with Crippen LogP contribution in [0, 0.1) is 6.92 Å². The molecule has 24 heavy (non-hydrogen) atoms. The number of esters is 1. The number of anilines is 1. The molecule has 7 nitrogen and oxygen atoms in total. The molecule has 9 heteroatoms. The summed E-state index contributed by atoms with van der Waals surface area (Å²) in [7, 11) is 0. The first kappa shape index (κ1) is 17.3. The van der Waals surface area contributed by atoms with Crippen LogP contribution in [0.1, 0.15) is 16.2 Å². The molecular formula is C15H13F2N3O4. The van der Waals surface area contributed by atoms with Crippen LogP contribution in [0.15, 0.2) is 36.7 Å². The van der Waals surface area contributed by atoms with Crippen LogP contribution in [-0.2, 0) is 9.53 Å². The molecule has 2 aromatic rings. The summed E-state index contributed by atoms with van der Waals surface area (Å²) >= 11 is 0. The molecule has 2 rings (SSSR count). The first-order chi connectivity index (χ1) is 11.4. The van der Waals surface area contributed by atoms with Crippen LogP contribution >= 0.6 is 0 Å². The van der Waals surface area contributed by atoms with Crippen molar-refractivity contribution in [1.29, 1.82) is 0 Å². The van der Waals surface area contributed by atoms with Gasteiger partial charge in [-0.25, -0.2) is 9.78 Å². The first-order valence-electron chi connectivity index (χ1n) is 6.74. The number of carbonyl (C=O) groups is 2. The van der Waals surface area contributed by atoms with Crippen molar-refractivity contribution in [3.05, 3.63) is 48.0 Å². The second-order valence-electron chi connectivity index (χ2n) is 4.57. The van der Waals surface area contributed by atoms with Crippen molar-refractivity contribution in [1.82, 2.24) is 9.97 Å². The molecule has 1 aromatic heterocycles. The van der Waals surface area contributed by atoms with Crippen molar-refractivity contribution in [3.8, 4) is 5.75 Å². The van der Waals surface area contributed by atoms with Gasteiger partial charge in [0.1, 0.15) is 5.75 Å². The monoisotopic (exact) mass is 337 g/mol. The van der Waals surface area contributed by atoms with E-state index in [1.807, 2.05) is 0 Å². The zero-order valence-corrected chi connectivity index (χ0v) is 12.5. The standard InChI is InChI=1S/C15H13F2N3O4/c1-9-6-19-12(7-18-9)14(22)23-8-13(21)20-10-2-4-11(5-3-10)24-15(16)17/h2-7,15H,8H2,1H3,(H,20,21). The predicted octanol–water partition coefficient (Wildman–Crippen LogP) is 2.18. The quantitative estimate of drug-likeness (QED) is 0.813. The summed E-state index contributed by atoms with van der Waals surface area (Å²) in [6.07, 6.45) is 2.65. The Morgan fingerprint density at radius 3 is 2.46 bits per heavy atom. The van der Waals surface area contributed by atoms with Gasteiger partial charge in [-0.05, 0) is 31.2 Å². The topological polar surface area (TPSA) is 90.4 Å². The molecule has 0 spiro atoms. The van der Waals surface area contributed by atoms with Crippen molar-refractivity contribution in [3.63, 3.8) is 0 Å². The van der Waals surface area contributed by atoms with Gasteiger partial charge in [-0.15, -0.1) is 0 Å². The van der Waals surface area contributed by atoms with Gasteiger partial charge in [0.2, 0.25) is 0 Å². The number of ether oxygens (including phenoxy) is 2. The number of aromatic nitrogens is 2. The average Bonchev–Trinajstić information content (AvgIpc) is 2.54. The Balaban J connectivity index is 1.82. The van der Waals surface area contributed by atoms with Crippen molar-refractivity contribution < 1.29 is 27.8 Å². The number of carbonyl (C=O) groups excluding carboxylic acids is 2. The molecule has 0 aliphatic heterocycles. The van der Waals surface area contributed by atoms with Crippen LogP contribution in [0.4, 0.5) is 14.5 Å². The lowest BCUT2D eigenvalue weighted by Crippen LogP contribution is -2.21. The normalized spacial score (nSPS) is 10.3. The number of halogens is 2. The fraction of sp³-hybridized carbons (Fsp3) is 0.200. The molecular weight excluding hydrogens is 324 g/mol. The van der Waals surface area contributed by atoms with Gasteiger partial charge in [0.25, 0.3) is 5.91 Å². The fourth-order valence-electron chi connectivity index (χ4n) is 1.62. The number of hydrogen-bond donors (Lipinski definition) is 1. The van der Waals surface area contributed by atoms with E-state index in [0.29, 0.717) is 11.4 Å². The first-order valence-corrected chi connectivity index (χ1v) is 6.74. The Bertz CT molecular complexity index is 706. The van der Waals surface area contributed by atoms with Gasteiger partial charge in [0, 0.05) is 11.9 Å². The Hall–Kier alpha value is -3.10. The van der Waals surface area contributed by atoms with E-state index in [0.717, 1.165) is 0 Å². The molecule has 0 atom stereocenters. The van der Waals surface area contributed by atoms with E-state index in [1.54, 1.807) is 6.92 Å². The summed E-state index contributed by atoms with van der Waals surface area (Å²) in [5.41, 5.74) is 0.971. The molecule has 126 valence electrons.